The first kappa shape index (κ1) is 11.9. The van der Waals surface area contributed by atoms with E-state index in [9.17, 15) is 9.59 Å². The quantitative estimate of drug-likeness (QED) is 0.548. The van der Waals surface area contributed by atoms with E-state index in [4.69, 9.17) is 16.2 Å². The summed E-state index contributed by atoms with van der Waals surface area (Å²) in [6.07, 6.45) is 0. The molecule has 0 aromatic carbocycles. The minimum atomic E-state index is -0.742. The molecule has 0 radical (unpaired) electrons. The molecule has 0 spiro atoms. The van der Waals surface area contributed by atoms with Crippen LogP contribution in [0.2, 0.25) is 0 Å². The van der Waals surface area contributed by atoms with Gasteiger partial charge in [0.05, 0.1) is 12.2 Å². The summed E-state index contributed by atoms with van der Waals surface area (Å²) in [5.41, 5.74) is 10.6. The number of Topliss-reactive ketones (excluding diaryl/α,β-unsaturated/α-hetero) is 1. The van der Waals surface area contributed by atoms with Gasteiger partial charge in [-0.1, -0.05) is 0 Å². The Kier molecular flexibility index (Phi) is 3.39. The van der Waals surface area contributed by atoms with Gasteiger partial charge in [0, 0.05) is 0 Å². The predicted octanol–water partition coefficient (Wildman–Crippen LogP) is 0.0203. The maximum Gasteiger partial charge on any atom is 0.357 e. The van der Waals surface area contributed by atoms with Crippen LogP contribution in [0, 0.1) is 0 Å². The van der Waals surface area contributed by atoms with Gasteiger partial charge in [0.25, 0.3) is 0 Å². The van der Waals surface area contributed by atoms with Crippen LogP contribution in [-0.2, 0) is 4.74 Å². The number of nitrogen functional groups attached to an aromatic ring is 2. The fraction of sp³-hybridized carbons (Fsp3) is 0.333. The SMILES string of the molecule is CCOC(=O)c1nc(N)nc(N)c1C(C)=O. The lowest BCUT2D eigenvalue weighted by atomic mass is 10.1. The van der Waals surface area contributed by atoms with Gasteiger partial charge >= 0.3 is 5.97 Å². The van der Waals surface area contributed by atoms with Crippen molar-refractivity contribution in [2.24, 2.45) is 0 Å². The molecule has 4 N–H and O–H groups in total. The number of hydrogen-bond acceptors (Lipinski definition) is 7. The zero-order valence-electron chi connectivity index (χ0n) is 8.98. The maximum atomic E-state index is 11.5. The number of hydrogen-bond donors (Lipinski definition) is 2. The van der Waals surface area contributed by atoms with E-state index in [1.807, 2.05) is 0 Å². The first-order valence-corrected chi connectivity index (χ1v) is 4.58. The van der Waals surface area contributed by atoms with Gasteiger partial charge in [0.15, 0.2) is 11.5 Å². The molecular formula is C9H12N4O3. The van der Waals surface area contributed by atoms with Crippen LogP contribution in [0.1, 0.15) is 34.7 Å². The van der Waals surface area contributed by atoms with Crippen LogP contribution in [0.4, 0.5) is 11.8 Å². The molecule has 7 nitrogen and oxygen atoms in total. The van der Waals surface area contributed by atoms with E-state index < -0.39 is 11.8 Å². The van der Waals surface area contributed by atoms with E-state index in [1.165, 1.54) is 6.92 Å². The van der Waals surface area contributed by atoms with E-state index in [1.54, 1.807) is 6.92 Å². The molecule has 0 atom stereocenters. The van der Waals surface area contributed by atoms with Crippen molar-refractivity contribution in [2.75, 3.05) is 18.1 Å². The predicted molar refractivity (Wildman–Crippen MR) is 56.8 cm³/mol. The highest BCUT2D eigenvalue weighted by atomic mass is 16.5. The summed E-state index contributed by atoms with van der Waals surface area (Å²) in [5, 5.41) is 0. The largest absolute Gasteiger partial charge is 0.461 e. The second-order valence-electron chi connectivity index (χ2n) is 2.97. The molecule has 0 aliphatic carbocycles. The third kappa shape index (κ3) is 2.25. The van der Waals surface area contributed by atoms with Crippen LogP contribution < -0.4 is 11.5 Å². The Bertz CT molecular complexity index is 445. The number of rotatable bonds is 3. The molecule has 1 heterocycles. The first-order chi connectivity index (χ1) is 7.47. The van der Waals surface area contributed by atoms with E-state index in [0.717, 1.165) is 0 Å². The fourth-order valence-corrected chi connectivity index (χ4v) is 1.19. The molecule has 0 amide bonds. The van der Waals surface area contributed by atoms with E-state index in [0.29, 0.717) is 0 Å². The average molecular weight is 224 g/mol. The number of ketones is 1. The van der Waals surface area contributed by atoms with Crippen molar-refractivity contribution in [2.45, 2.75) is 13.8 Å². The molecule has 0 unspecified atom stereocenters. The third-order valence-corrected chi connectivity index (χ3v) is 1.78. The van der Waals surface area contributed by atoms with Crippen molar-refractivity contribution >= 4 is 23.5 Å². The van der Waals surface area contributed by atoms with Gasteiger partial charge in [-0.2, -0.15) is 4.98 Å². The number of ether oxygens (including phenoxy) is 1. The van der Waals surface area contributed by atoms with Crippen LogP contribution in [0.25, 0.3) is 0 Å². The van der Waals surface area contributed by atoms with Crippen LogP contribution in [0.3, 0.4) is 0 Å². The Hall–Kier alpha value is -2.18. The van der Waals surface area contributed by atoms with Crippen molar-refractivity contribution in [3.05, 3.63) is 11.3 Å². The lowest BCUT2D eigenvalue weighted by molar-refractivity contribution is 0.0516. The molecule has 1 rings (SSSR count). The molecule has 0 aliphatic heterocycles. The smallest absolute Gasteiger partial charge is 0.357 e. The molecule has 0 fully saturated rings. The second-order valence-corrected chi connectivity index (χ2v) is 2.97. The number of nitrogens with two attached hydrogens (primary N) is 2. The maximum absolute atomic E-state index is 11.5. The highest BCUT2D eigenvalue weighted by molar-refractivity contribution is 6.07. The number of esters is 1. The summed E-state index contributed by atoms with van der Waals surface area (Å²) in [6, 6.07) is 0. The van der Waals surface area contributed by atoms with Gasteiger partial charge in [-0.15, -0.1) is 0 Å². The summed E-state index contributed by atoms with van der Waals surface area (Å²) in [5.74, 6) is -1.46. The van der Waals surface area contributed by atoms with Crippen LogP contribution >= 0.6 is 0 Å². The van der Waals surface area contributed by atoms with Gasteiger partial charge in [0.1, 0.15) is 5.82 Å². The van der Waals surface area contributed by atoms with Crippen molar-refractivity contribution in [1.82, 2.24) is 9.97 Å². The number of aromatic nitrogens is 2. The summed E-state index contributed by atoms with van der Waals surface area (Å²) in [6.45, 7) is 3.06. The van der Waals surface area contributed by atoms with Gasteiger partial charge in [-0.3, -0.25) is 4.79 Å². The van der Waals surface area contributed by atoms with Crippen molar-refractivity contribution in [3.63, 3.8) is 0 Å². The van der Waals surface area contributed by atoms with Gasteiger partial charge < -0.3 is 16.2 Å². The Morgan fingerprint density at radius 1 is 1.31 bits per heavy atom. The Balaban J connectivity index is 3.35. The fourth-order valence-electron chi connectivity index (χ4n) is 1.19. The molecule has 0 aliphatic rings. The molecule has 0 saturated carbocycles. The standard InChI is InChI=1S/C9H12N4O3/c1-3-16-8(15)6-5(4(2)14)7(10)13-9(11)12-6/h3H2,1-2H3,(H4,10,11,12,13). The Morgan fingerprint density at radius 3 is 2.44 bits per heavy atom. The molecule has 7 heteroatoms. The second kappa shape index (κ2) is 4.56. The number of anilines is 2. The molecule has 0 saturated heterocycles. The minimum Gasteiger partial charge on any atom is -0.461 e. The van der Waals surface area contributed by atoms with Crippen LogP contribution in [0.5, 0.6) is 0 Å². The lowest BCUT2D eigenvalue weighted by Gasteiger charge is -2.08. The zero-order valence-corrected chi connectivity index (χ0v) is 8.98. The van der Waals surface area contributed by atoms with Crippen LogP contribution in [0.15, 0.2) is 0 Å². The Labute approximate surface area is 91.8 Å². The van der Waals surface area contributed by atoms with Gasteiger partial charge in [0.2, 0.25) is 5.95 Å². The molecular weight excluding hydrogens is 212 g/mol. The average Bonchev–Trinajstić information content (AvgIpc) is 2.15. The molecule has 16 heavy (non-hydrogen) atoms. The number of nitrogens with zero attached hydrogens (tertiary/aromatic N) is 2. The highest BCUT2D eigenvalue weighted by Crippen LogP contribution is 2.16. The molecule has 0 bridgehead atoms. The zero-order chi connectivity index (χ0) is 12.3. The van der Waals surface area contributed by atoms with Gasteiger partial charge in [-0.05, 0) is 13.8 Å². The molecule has 86 valence electrons. The minimum absolute atomic E-state index is 0.0624. The van der Waals surface area contributed by atoms with E-state index >= 15 is 0 Å². The Morgan fingerprint density at radius 2 is 1.94 bits per heavy atom. The first-order valence-electron chi connectivity index (χ1n) is 4.58. The molecule has 1 aromatic rings. The van der Waals surface area contributed by atoms with E-state index in [2.05, 4.69) is 9.97 Å². The van der Waals surface area contributed by atoms with Crippen molar-refractivity contribution < 1.29 is 14.3 Å². The normalized spacial score (nSPS) is 9.88. The highest BCUT2D eigenvalue weighted by Gasteiger charge is 2.22. The number of carbonyl (C=O) groups is 2. The van der Waals surface area contributed by atoms with Crippen molar-refractivity contribution in [1.29, 1.82) is 0 Å². The van der Waals surface area contributed by atoms with Crippen molar-refractivity contribution in [3.8, 4) is 0 Å². The van der Waals surface area contributed by atoms with Crippen LogP contribution in [-0.4, -0.2) is 28.3 Å². The summed E-state index contributed by atoms with van der Waals surface area (Å²) >= 11 is 0. The van der Waals surface area contributed by atoms with Gasteiger partial charge in [-0.25, -0.2) is 9.78 Å². The lowest BCUT2D eigenvalue weighted by Crippen LogP contribution is -2.17. The monoisotopic (exact) mass is 224 g/mol. The summed E-state index contributed by atoms with van der Waals surface area (Å²) in [4.78, 5) is 30.1. The number of carbonyl (C=O) groups excluding carboxylic acids is 2. The summed E-state index contributed by atoms with van der Waals surface area (Å²) < 4.78 is 4.74. The third-order valence-electron chi connectivity index (χ3n) is 1.78. The molecule has 1 aromatic heterocycles. The summed E-state index contributed by atoms with van der Waals surface area (Å²) in [7, 11) is 0. The topological polar surface area (TPSA) is 121 Å². The van der Waals surface area contributed by atoms with E-state index in [-0.39, 0.29) is 29.6 Å².